The first-order valence-corrected chi connectivity index (χ1v) is 8.40. The largest absolute Gasteiger partial charge is 0.389 e. The second-order valence-corrected chi connectivity index (χ2v) is 6.92. The summed E-state index contributed by atoms with van der Waals surface area (Å²) in [6, 6.07) is 13.4. The summed E-state index contributed by atoms with van der Waals surface area (Å²) < 4.78 is 14.7. The maximum Gasteiger partial charge on any atom is 0.237 e. The minimum atomic E-state index is -0.877. The van der Waals surface area contributed by atoms with Gasteiger partial charge in [-0.05, 0) is 38.1 Å². The molecule has 2 atom stereocenters. The molecule has 0 bridgehead atoms. The number of hydrogen-bond acceptors (Lipinski definition) is 3. The van der Waals surface area contributed by atoms with Crippen LogP contribution in [0.5, 0.6) is 0 Å². The van der Waals surface area contributed by atoms with E-state index in [1.807, 2.05) is 30.3 Å². The van der Waals surface area contributed by atoms with Crippen LogP contribution in [0.2, 0.25) is 0 Å². The second kappa shape index (κ2) is 6.58. The number of nitrogens with zero attached hydrogens (tertiary/aromatic N) is 1. The number of halogens is 1. The lowest BCUT2D eigenvalue weighted by Gasteiger charge is -2.34. The van der Waals surface area contributed by atoms with E-state index in [0.29, 0.717) is 5.56 Å². The monoisotopic (exact) mass is 342 g/mol. The Morgan fingerprint density at radius 3 is 2.48 bits per heavy atom. The average Bonchev–Trinajstić information content (AvgIpc) is 2.79. The van der Waals surface area contributed by atoms with Crippen molar-refractivity contribution < 1.29 is 14.3 Å². The van der Waals surface area contributed by atoms with Gasteiger partial charge in [0.15, 0.2) is 0 Å². The molecule has 2 aromatic rings. The SMILES string of the molecule is CNC[C@@H](O)[C@H](c1ccccc1)N1C(=O)C(C)(C)c2cccc(F)c21. The number of rotatable bonds is 5. The van der Waals surface area contributed by atoms with Gasteiger partial charge in [-0.1, -0.05) is 42.5 Å². The lowest BCUT2D eigenvalue weighted by atomic mass is 9.86. The number of fused-ring (bicyclic) bond motifs is 1. The molecule has 1 aliphatic heterocycles. The van der Waals surface area contributed by atoms with E-state index < -0.39 is 23.4 Å². The second-order valence-electron chi connectivity index (χ2n) is 6.92. The highest BCUT2D eigenvalue weighted by molar-refractivity contribution is 6.08. The third-order valence-electron chi connectivity index (χ3n) is 4.85. The highest BCUT2D eigenvalue weighted by atomic mass is 19.1. The third kappa shape index (κ3) is 2.83. The van der Waals surface area contributed by atoms with Crippen LogP contribution < -0.4 is 10.2 Å². The van der Waals surface area contributed by atoms with Crippen molar-refractivity contribution in [2.24, 2.45) is 0 Å². The molecule has 0 fully saturated rings. The van der Waals surface area contributed by atoms with Crippen LogP contribution in [0.4, 0.5) is 10.1 Å². The van der Waals surface area contributed by atoms with Crippen LogP contribution >= 0.6 is 0 Å². The Morgan fingerprint density at radius 1 is 1.16 bits per heavy atom. The number of aliphatic hydroxyl groups is 1. The number of para-hydroxylation sites is 1. The molecule has 1 aliphatic rings. The zero-order valence-corrected chi connectivity index (χ0v) is 14.7. The van der Waals surface area contributed by atoms with Gasteiger partial charge >= 0.3 is 0 Å². The standard InChI is InChI=1S/C20H23FN2O2/c1-20(2)14-10-7-11-15(21)18(14)23(19(20)25)17(16(24)12-22-3)13-8-5-4-6-9-13/h4-11,16-17,22,24H,12H2,1-3H3/t16-,17+/m1/s1. The fourth-order valence-electron chi connectivity index (χ4n) is 3.56. The van der Waals surface area contributed by atoms with E-state index in [2.05, 4.69) is 5.32 Å². The van der Waals surface area contributed by atoms with Crippen molar-refractivity contribution in [3.05, 3.63) is 65.5 Å². The molecule has 3 rings (SSSR count). The summed E-state index contributed by atoms with van der Waals surface area (Å²) in [5, 5.41) is 13.7. The molecule has 2 aromatic carbocycles. The Morgan fingerprint density at radius 2 is 1.84 bits per heavy atom. The summed E-state index contributed by atoms with van der Waals surface area (Å²) in [4.78, 5) is 14.6. The van der Waals surface area contributed by atoms with Crippen molar-refractivity contribution in [1.82, 2.24) is 5.32 Å². The summed E-state index contributed by atoms with van der Waals surface area (Å²) >= 11 is 0. The number of amides is 1. The maximum atomic E-state index is 14.7. The van der Waals surface area contributed by atoms with Crippen LogP contribution in [-0.4, -0.2) is 30.7 Å². The Balaban J connectivity index is 2.19. The molecule has 2 N–H and O–H groups in total. The first-order valence-electron chi connectivity index (χ1n) is 8.40. The number of anilines is 1. The van der Waals surface area contributed by atoms with Gasteiger partial charge in [-0.25, -0.2) is 4.39 Å². The topological polar surface area (TPSA) is 52.6 Å². The molecule has 4 nitrogen and oxygen atoms in total. The molecule has 0 unspecified atom stereocenters. The van der Waals surface area contributed by atoms with Crippen molar-refractivity contribution in [3.63, 3.8) is 0 Å². The number of carbonyl (C=O) groups excluding carboxylic acids is 1. The summed E-state index contributed by atoms with van der Waals surface area (Å²) in [6.45, 7) is 3.87. The third-order valence-corrected chi connectivity index (χ3v) is 4.85. The normalized spacial score (nSPS) is 18.1. The Kier molecular flexibility index (Phi) is 4.62. The van der Waals surface area contributed by atoms with Gasteiger partial charge in [0, 0.05) is 6.54 Å². The smallest absolute Gasteiger partial charge is 0.237 e. The van der Waals surface area contributed by atoms with Crippen LogP contribution in [-0.2, 0) is 10.2 Å². The summed E-state index contributed by atoms with van der Waals surface area (Å²) in [6.07, 6.45) is -0.877. The van der Waals surface area contributed by atoms with Crippen molar-refractivity contribution in [2.75, 3.05) is 18.5 Å². The Hall–Kier alpha value is -2.24. The number of likely N-dealkylation sites (N-methyl/N-ethyl adjacent to an activating group) is 1. The molecular formula is C20H23FN2O2. The van der Waals surface area contributed by atoms with Crippen LogP contribution in [0.25, 0.3) is 0 Å². The lowest BCUT2D eigenvalue weighted by molar-refractivity contribution is -0.123. The summed E-state index contributed by atoms with van der Waals surface area (Å²) in [7, 11) is 1.73. The zero-order valence-electron chi connectivity index (χ0n) is 14.7. The Labute approximate surface area is 147 Å². The molecule has 132 valence electrons. The van der Waals surface area contributed by atoms with Crippen molar-refractivity contribution >= 4 is 11.6 Å². The van der Waals surface area contributed by atoms with Crippen LogP contribution in [0, 0.1) is 5.82 Å². The fraction of sp³-hybridized carbons (Fsp3) is 0.350. The van der Waals surface area contributed by atoms with E-state index >= 15 is 0 Å². The van der Waals surface area contributed by atoms with E-state index in [1.54, 1.807) is 33.0 Å². The molecule has 0 aliphatic carbocycles. The minimum absolute atomic E-state index is 0.211. The number of carbonyl (C=O) groups is 1. The quantitative estimate of drug-likeness (QED) is 0.878. The van der Waals surface area contributed by atoms with E-state index in [0.717, 1.165) is 5.56 Å². The van der Waals surface area contributed by atoms with Gasteiger partial charge in [-0.2, -0.15) is 0 Å². The molecule has 0 saturated heterocycles. The highest BCUT2D eigenvalue weighted by Crippen LogP contribution is 2.47. The maximum absolute atomic E-state index is 14.7. The molecule has 0 spiro atoms. The first-order chi connectivity index (χ1) is 11.9. The van der Waals surface area contributed by atoms with Crippen molar-refractivity contribution in [1.29, 1.82) is 0 Å². The van der Waals surface area contributed by atoms with Crippen LogP contribution in [0.15, 0.2) is 48.5 Å². The first kappa shape index (κ1) is 17.6. The van der Waals surface area contributed by atoms with Gasteiger partial charge in [0.2, 0.25) is 5.91 Å². The summed E-state index contributed by atoms with van der Waals surface area (Å²) in [5.74, 6) is -0.661. The predicted octanol–water partition coefficient (Wildman–Crippen LogP) is 2.77. The van der Waals surface area contributed by atoms with Gasteiger partial charge in [-0.3, -0.25) is 9.69 Å². The van der Waals surface area contributed by atoms with Gasteiger partial charge in [-0.15, -0.1) is 0 Å². The molecule has 5 heteroatoms. The van der Waals surface area contributed by atoms with Crippen LogP contribution in [0.3, 0.4) is 0 Å². The minimum Gasteiger partial charge on any atom is -0.389 e. The Bertz CT molecular complexity index is 777. The van der Waals surface area contributed by atoms with Gasteiger partial charge in [0.05, 0.1) is 23.2 Å². The van der Waals surface area contributed by atoms with Crippen molar-refractivity contribution in [3.8, 4) is 0 Å². The van der Waals surface area contributed by atoms with E-state index in [9.17, 15) is 14.3 Å². The van der Waals surface area contributed by atoms with Crippen LogP contribution in [0.1, 0.15) is 31.0 Å². The van der Waals surface area contributed by atoms with E-state index in [1.165, 1.54) is 11.0 Å². The molecule has 1 amide bonds. The fourth-order valence-corrected chi connectivity index (χ4v) is 3.56. The van der Waals surface area contributed by atoms with E-state index in [-0.39, 0.29) is 18.1 Å². The average molecular weight is 342 g/mol. The van der Waals surface area contributed by atoms with Gasteiger partial charge in [0.25, 0.3) is 0 Å². The highest BCUT2D eigenvalue weighted by Gasteiger charge is 2.49. The zero-order chi connectivity index (χ0) is 18.2. The summed E-state index contributed by atoms with van der Waals surface area (Å²) in [5.41, 5.74) is 0.839. The molecule has 0 saturated carbocycles. The molecule has 0 radical (unpaired) electrons. The van der Waals surface area contributed by atoms with Gasteiger partial charge in [0.1, 0.15) is 5.82 Å². The number of hydrogen-bond donors (Lipinski definition) is 2. The molecular weight excluding hydrogens is 319 g/mol. The molecule has 1 heterocycles. The predicted molar refractivity (Wildman–Crippen MR) is 96.0 cm³/mol. The number of benzene rings is 2. The molecule has 25 heavy (non-hydrogen) atoms. The van der Waals surface area contributed by atoms with Crippen molar-refractivity contribution in [2.45, 2.75) is 31.4 Å². The lowest BCUT2D eigenvalue weighted by Crippen LogP contribution is -2.45. The van der Waals surface area contributed by atoms with E-state index in [4.69, 9.17) is 0 Å². The number of nitrogens with one attached hydrogen (secondary N) is 1. The number of aliphatic hydroxyl groups excluding tert-OH is 1. The molecule has 0 aromatic heterocycles. The van der Waals surface area contributed by atoms with Gasteiger partial charge < -0.3 is 10.4 Å².